The minimum atomic E-state index is -5.08. The van der Waals surface area contributed by atoms with E-state index in [1.165, 1.54) is 39.0 Å². The maximum atomic E-state index is 10.6. The number of carbonyl (C=O) groups is 1. The Labute approximate surface area is 137 Å². The minimum absolute atomic E-state index is 0.397. The van der Waals surface area contributed by atoms with Crippen molar-refractivity contribution in [1.29, 1.82) is 0 Å². The first-order valence-electron chi connectivity index (χ1n) is 8.18. The average Bonchev–Trinajstić information content (AvgIpc) is 2.90. The number of halogens is 3. The fraction of sp³-hybridized carbons (Fsp3) is 0.938. The van der Waals surface area contributed by atoms with E-state index >= 15 is 0 Å². The number of carboxylic acids is 1. The van der Waals surface area contributed by atoms with Gasteiger partial charge in [0, 0.05) is 6.04 Å². The van der Waals surface area contributed by atoms with Crippen molar-refractivity contribution in [2.75, 3.05) is 26.2 Å². The molecule has 23 heavy (non-hydrogen) atoms. The Bertz CT molecular complexity index is 344. The average molecular weight is 340 g/mol. The molecule has 0 spiro atoms. The molecule has 0 amide bonds. The second kappa shape index (κ2) is 9.47. The summed E-state index contributed by atoms with van der Waals surface area (Å²) in [5.41, 5.74) is 0.397. The summed E-state index contributed by atoms with van der Waals surface area (Å²) in [5, 5.41) is 10.6. The number of nitrogens with zero attached hydrogens (tertiary/aromatic N) is 1. The molecule has 0 aromatic carbocycles. The van der Waals surface area contributed by atoms with Gasteiger partial charge in [-0.3, -0.25) is 0 Å². The van der Waals surface area contributed by atoms with Crippen LogP contribution in [0.15, 0.2) is 0 Å². The van der Waals surface area contributed by atoms with Gasteiger partial charge in [-0.15, -0.1) is 0 Å². The molecule has 138 valence electrons. The highest BCUT2D eigenvalue weighted by Gasteiger charge is 2.38. The maximum absolute atomic E-state index is 10.6. The van der Waals surface area contributed by atoms with Crippen LogP contribution in [0.2, 0.25) is 0 Å². The molecule has 1 aliphatic heterocycles. The van der Waals surface area contributed by atoms with Gasteiger partial charge < -0.3 is 15.3 Å². The Morgan fingerprint density at radius 2 is 1.74 bits per heavy atom. The molecule has 1 rings (SSSR count). The number of hydrogen-bond acceptors (Lipinski definition) is 3. The normalized spacial score (nSPS) is 20.1. The molecule has 4 nitrogen and oxygen atoms in total. The lowest BCUT2D eigenvalue weighted by Crippen LogP contribution is -2.45. The van der Waals surface area contributed by atoms with Crippen LogP contribution in [0.25, 0.3) is 0 Å². The SMILES string of the molecule is CCN(CC)[C@H](CC1CCNC1)C(C)(C)C.O=C(O)C(F)(F)F. The van der Waals surface area contributed by atoms with E-state index in [0.29, 0.717) is 5.41 Å². The lowest BCUT2D eigenvalue weighted by atomic mass is 9.80. The summed E-state index contributed by atoms with van der Waals surface area (Å²) in [4.78, 5) is 11.5. The summed E-state index contributed by atoms with van der Waals surface area (Å²) in [6.45, 7) is 16.5. The minimum Gasteiger partial charge on any atom is -0.475 e. The van der Waals surface area contributed by atoms with E-state index in [1.807, 2.05) is 0 Å². The van der Waals surface area contributed by atoms with Gasteiger partial charge in [0.2, 0.25) is 0 Å². The number of hydrogen-bond donors (Lipinski definition) is 2. The topological polar surface area (TPSA) is 52.6 Å². The van der Waals surface area contributed by atoms with Crippen LogP contribution in [0.4, 0.5) is 13.2 Å². The summed E-state index contributed by atoms with van der Waals surface area (Å²) >= 11 is 0. The van der Waals surface area contributed by atoms with Crippen molar-refractivity contribution in [3.8, 4) is 0 Å². The van der Waals surface area contributed by atoms with Crippen molar-refractivity contribution in [2.24, 2.45) is 11.3 Å². The van der Waals surface area contributed by atoms with Gasteiger partial charge in [0.25, 0.3) is 0 Å². The second-order valence-corrected chi connectivity index (χ2v) is 7.00. The molecule has 1 unspecified atom stereocenters. The van der Waals surface area contributed by atoms with E-state index in [4.69, 9.17) is 9.90 Å². The maximum Gasteiger partial charge on any atom is 0.490 e. The van der Waals surface area contributed by atoms with E-state index < -0.39 is 12.1 Å². The standard InChI is InChI=1S/C14H30N2.C2HF3O2/c1-6-16(7-2)13(14(3,4)5)10-12-8-9-15-11-12;3-2(4,5)1(6)7/h12-13,15H,6-11H2,1-5H3;(H,6,7)/t12?,13-;/m1./s1. The van der Waals surface area contributed by atoms with E-state index in [2.05, 4.69) is 44.8 Å². The largest absolute Gasteiger partial charge is 0.490 e. The molecule has 2 atom stereocenters. The molecule has 1 heterocycles. The predicted molar refractivity (Wildman–Crippen MR) is 85.4 cm³/mol. The van der Waals surface area contributed by atoms with Crippen LogP contribution in [0.1, 0.15) is 47.5 Å². The molecule has 0 radical (unpaired) electrons. The summed E-state index contributed by atoms with van der Waals surface area (Å²) < 4.78 is 31.7. The Morgan fingerprint density at radius 3 is 2.00 bits per heavy atom. The molecule has 1 fully saturated rings. The van der Waals surface area contributed by atoms with Crippen LogP contribution < -0.4 is 5.32 Å². The molecule has 0 saturated carbocycles. The molecule has 1 aliphatic rings. The van der Waals surface area contributed by atoms with Crippen molar-refractivity contribution in [3.05, 3.63) is 0 Å². The summed E-state index contributed by atoms with van der Waals surface area (Å²) in [6, 6.07) is 0.729. The Balaban J connectivity index is 0.000000585. The van der Waals surface area contributed by atoms with Crippen molar-refractivity contribution in [1.82, 2.24) is 10.2 Å². The zero-order valence-electron chi connectivity index (χ0n) is 14.8. The Kier molecular flexibility index (Phi) is 9.13. The van der Waals surface area contributed by atoms with E-state index in [1.54, 1.807) is 0 Å². The van der Waals surface area contributed by atoms with E-state index in [-0.39, 0.29) is 0 Å². The molecule has 7 heteroatoms. The Morgan fingerprint density at radius 1 is 1.26 bits per heavy atom. The number of alkyl halides is 3. The monoisotopic (exact) mass is 340 g/mol. The van der Waals surface area contributed by atoms with Crippen LogP contribution in [-0.4, -0.2) is 54.4 Å². The smallest absolute Gasteiger partial charge is 0.475 e. The van der Waals surface area contributed by atoms with Crippen LogP contribution in [0.5, 0.6) is 0 Å². The number of aliphatic carboxylic acids is 1. The predicted octanol–water partition coefficient (Wildman–Crippen LogP) is 3.38. The second-order valence-electron chi connectivity index (χ2n) is 7.00. The molecule has 2 N–H and O–H groups in total. The van der Waals surface area contributed by atoms with Gasteiger partial charge in [0.1, 0.15) is 0 Å². The number of nitrogens with one attached hydrogen (secondary N) is 1. The lowest BCUT2D eigenvalue weighted by molar-refractivity contribution is -0.192. The summed E-state index contributed by atoms with van der Waals surface area (Å²) in [7, 11) is 0. The first-order chi connectivity index (χ1) is 10.4. The van der Waals surface area contributed by atoms with Gasteiger partial charge in [0.15, 0.2) is 0 Å². The third kappa shape index (κ3) is 8.55. The Hall–Kier alpha value is -0.820. The molecular formula is C16H31F3N2O2. The molecule has 0 aliphatic carbocycles. The first kappa shape index (κ1) is 22.2. The fourth-order valence-electron chi connectivity index (χ4n) is 2.95. The molecule has 1 saturated heterocycles. The van der Waals surface area contributed by atoms with E-state index in [9.17, 15) is 13.2 Å². The van der Waals surface area contributed by atoms with Crippen molar-refractivity contribution in [2.45, 2.75) is 59.7 Å². The summed E-state index contributed by atoms with van der Waals surface area (Å²) in [5.74, 6) is -1.86. The lowest BCUT2D eigenvalue weighted by Gasteiger charge is -2.40. The van der Waals surface area contributed by atoms with Crippen molar-refractivity contribution in [3.63, 3.8) is 0 Å². The van der Waals surface area contributed by atoms with Gasteiger partial charge in [-0.05, 0) is 50.4 Å². The van der Waals surface area contributed by atoms with Crippen LogP contribution in [-0.2, 0) is 4.79 Å². The van der Waals surface area contributed by atoms with Crippen molar-refractivity contribution < 1.29 is 23.1 Å². The summed E-state index contributed by atoms with van der Waals surface area (Å²) in [6.07, 6.45) is -2.36. The highest BCUT2D eigenvalue weighted by Crippen LogP contribution is 2.31. The van der Waals surface area contributed by atoms with Gasteiger partial charge in [-0.2, -0.15) is 13.2 Å². The molecule has 0 aromatic rings. The zero-order chi connectivity index (χ0) is 18.3. The van der Waals surface area contributed by atoms with Crippen LogP contribution in [0, 0.1) is 11.3 Å². The third-order valence-corrected chi connectivity index (χ3v) is 4.21. The first-order valence-corrected chi connectivity index (χ1v) is 8.18. The highest BCUT2D eigenvalue weighted by atomic mass is 19.4. The van der Waals surface area contributed by atoms with Gasteiger partial charge in [-0.1, -0.05) is 34.6 Å². The molecule has 0 bridgehead atoms. The van der Waals surface area contributed by atoms with Crippen molar-refractivity contribution >= 4 is 5.97 Å². The molecule has 0 aromatic heterocycles. The van der Waals surface area contributed by atoms with Gasteiger partial charge in [0.05, 0.1) is 0 Å². The number of carboxylic acid groups (broad SMARTS) is 1. The highest BCUT2D eigenvalue weighted by molar-refractivity contribution is 5.73. The van der Waals surface area contributed by atoms with Gasteiger partial charge >= 0.3 is 12.1 Å². The van der Waals surface area contributed by atoms with E-state index in [0.717, 1.165) is 12.0 Å². The zero-order valence-corrected chi connectivity index (χ0v) is 14.8. The van der Waals surface area contributed by atoms with Gasteiger partial charge in [-0.25, -0.2) is 4.79 Å². The quantitative estimate of drug-likeness (QED) is 0.806. The fourth-order valence-corrected chi connectivity index (χ4v) is 2.95. The number of rotatable bonds is 5. The molecular weight excluding hydrogens is 309 g/mol. The van der Waals surface area contributed by atoms with Crippen LogP contribution >= 0.6 is 0 Å². The third-order valence-electron chi connectivity index (χ3n) is 4.21. The van der Waals surface area contributed by atoms with Crippen LogP contribution in [0.3, 0.4) is 0 Å².